The van der Waals surface area contributed by atoms with Crippen molar-refractivity contribution in [1.29, 1.82) is 0 Å². The normalized spacial score (nSPS) is 20.1. The number of nitrogens with one attached hydrogen (secondary N) is 4. The van der Waals surface area contributed by atoms with Gasteiger partial charge in [0, 0.05) is 13.1 Å². The molecule has 0 spiro atoms. The average Bonchev–Trinajstić information content (AvgIpc) is 4.06. The van der Waals surface area contributed by atoms with E-state index in [0.29, 0.717) is 13.1 Å². The summed E-state index contributed by atoms with van der Waals surface area (Å²) in [5.74, 6) is 1.51. The molecule has 2 unspecified atom stereocenters. The van der Waals surface area contributed by atoms with Crippen LogP contribution < -0.4 is 10.6 Å². The zero-order valence-corrected chi connectivity index (χ0v) is 35.6. The van der Waals surface area contributed by atoms with Gasteiger partial charge in [-0.1, -0.05) is 96.1 Å². The molecule has 6 atom stereocenters. The van der Waals surface area contributed by atoms with E-state index in [2.05, 4.69) is 95.1 Å². The van der Waals surface area contributed by atoms with E-state index in [1.165, 1.54) is 14.2 Å². The Hall–Kier alpha value is -6.18. The smallest absolute Gasteiger partial charge is 0.407 e. The lowest BCUT2D eigenvalue weighted by molar-refractivity contribution is -0.136. The molecule has 2 saturated heterocycles. The Morgan fingerprint density at radius 3 is 1.58 bits per heavy atom. The Balaban J connectivity index is 1.03. The second kappa shape index (κ2) is 17.6. The second-order valence-electron chi connectivity index (χ2n) is 17.1. The summed E-state index contributed by atoms with van der Waals surface area (Å²) in [4.78, 5) is 71.8. The Kier molecular flexibility index (Phi) is 12.3. The molecule has 2 aromatic heterocycles. The Bertz CT molecular complexity index is 2330. The predicted molar refractivity (Wildman–Crippen MR) is 229 cm³/mol. The average molecular weight is 817 g/mol. The summed E-state index contributed by atoms with van der Waals surface area (Å²) in [6.45, 7) is 13.0. The highest BCUT2D eigenvalue weighted by molar-refractivity contribution is 5.88. The van der Waals surface area contributed by atoms with Crippen molar-refractivity contribution in [1.82, 2.24) is 40.4 Å². The molecule has 4 N–H and O–H groups in total. The van der Waals surface area contributed by atoms with E-state index < -0.39 is 24.3 Å². The number of aromatic nitrogens is 4. The van der Waals surface area contributed by atoms with Crippen LogP contribution in [0.15, 0.2) is 72.9 Å². The summed E-state index contributed by atoms with van der Waals surface area (Å²) in [6.07, 6.45) is 2.10. The van der Waals surface area contributed by atoms with Crippen LogP contribution in [0.2, 0.25) is 0 Å². The van der Waals surface area contributed by atoms with E-state index in [0.717, 1.165) is 69.0 Å². The summed E-state index contributed by atoms with van der Waals surface area (Å²) < 4.78 is 9.58. The van der Waals surface area contributed by atoms with Gasteiger partial charge in [-0.2, -0.15) is 0 Å². The lowest BCUT2D eigenvalue weighted by Crippen LogP contribution is -2.51. The molecule has 60 heavy (non-hydrogen) atoms. The number of ether oxygens (including phenoxy) is 2. The highest BCUT2D eigenvalue weighted by Crippen LogP contribution is 2.38. The number of hydrogen-bond acceptors (Lipinski definition) is 8. The highest BCUT2D eigenvalue weighted by atomic mass is 16.5. The van der Waals surface area contributed by atoms with Crippen LogP contribution in [0.5, 0.6) is 0 Å². The molecule has 0 aliphatic carbocycles. The van der Waals surface area contributed by atoms with Crippen LogP contribution in [0.1, 0.15) is 78.1 Å². The van der Waals surface area contributed by atoms with Gasteiger partial charge in [0.1, 0.15) is 23.7 Å². The van der Waals surface area contributed by atoms with Crippen molar-refractivity contribution in [2.75, 3.05) is 27.3 Å². The number of imidazole rings is 2. The number of carbonyl (C=O) groups is 4. The predicted octanol–water partition coefficient (Wildman–Crippen LogP) is 7.87. The summed E-state index contributed by atoms with van der Waals surface area (Å²) in [7, 11) is 2.59. The lowest BCUT2D eigenvalue weighted by Gasteiger charge is -2.30. The van der Waals surface area contributed by atoms with E-state index in [4.69, 9.17) is 19.4 Å². The molecular weight excluding hydrogens is 761 g/mol. The van der Waals surface area contributed by atoms with Crippen LogP contribution >= 0.6 is 0 Å². The number of amides is 4. The van der Waals surface area contributed by atoms with Crippen molar-refractivity contribution in [3.63, 3.8) is 0 Å². The Labute approximate surface area is 350 Å². The molecule has 316 valence electrons. The molecule has 0 radical (unpaired) electrons. The molecule has 2 aliphatic heterocycles. The van der Waals surface area contributed by atoms with Gasteiger partial charge in [-0.3, -0.25) is 9.59 Å². The van der Waals surface area contributed by atoms with Gasteiger partial charge in [-0.25, -0.2) is 19.6 Å². The zero-order chi connectivity index (χ0) is 42.8. The summed E-state index contributed by atoms with van der Waals surface area (Å²) in [6, 6.07) is 21.1. The molecule has 7 rings (SSSR count). The molecule has 2 fully saturated rings. The number of aromatic amines is 2. The van der Waals surface area contributed by atoms with Gasteiger partial charge < -0.3 is 39.9 Å². The number of benzene rings is 3. The second-order valence-corrected chi connectivity index (χ2v) is 17.1. The van der Waals surface area contributed by atoms with Gasteiger partial charge in [0.15, 0.2) is 0 Å². The number of carbonyl (C=O) groups excluding carboxylic acids is 4. The molecule has 4 amide bonds. The number of likely N-dealkylation sites (tertiary alicyclic amines) is 2. The molecule has 3 aromatic carbocycles. The van der Waals surface area contributed by atoms with Gasteiger partial charge in [0.2, 0.25) is 11.8 Å². The molecular formula is C46H56N8O6. The maximum Gasteiger partial charge on any atom is 0.407 e. The van der Waals surface area contributed by atoms with Gasteiger partial charge in [0.25, 0.3) is 0 Å². The minimum Gasteiger partial charge on any atom is -0.453 e. The fourth-order valence-electron chi connectivity index (χ4n) is 8.57. The number of alkyl carbamates (subject to hydrolysis) is 2. The van der Waals surface area contributed by atoms with E-state index in [-0.39, 0.29) is 47.6 Å². The van der Waals surface area contributed by atoms with Crippen molar-refractivity contribution in [3.05, 3.63) is 84.6 Å². The van der Waals surface area contributed by atoms with E-state index in [1.54, 1.807) is 0 Å². The Morgan fingerprint density at radius 1 is 0.650 bits per heavy atom. The third-order valence-corrected chi connectivity index (χ3v) is 11.8. The molecule has 14 nitrogen and oxygen atoms in total. The van der Waals surface area contributed by atoms with Gasteiger partial charge >= 0.3 is 12.2 Å². The first-order valence-corrected chi connectivity index (χ1v) is 20.8. The highest BCUT2D eigenvalue weighted by Gasteiger charge is 2.41. The minimum absolute atomic E-state index is 0.113. The van der Waals surface area contributed by atoms with Crippen LogP contribution in [0.25, 0.3) is 44.5 Å². The number of nitrogens with zero attached hydrogens (tertiary/aromatic N) is 4. The number of methoxy groups -OCH3 is 2. The lowest BCUT2D eigenvalue weighted by atomic mass is 9.99. The fourth-order valence-corrected chi connectivity index (χ4v) is 8.57. The topological polar surface area (TPSA) is 175 Å². The third-order valence-electron chi connectivity index (χ3n) is 11.8. The van der Waals surface area contributed by atoms with E-state index >= 15 is 0 Å². The molecule has 0 saturated carbocycles. The van der Waals surface area contributed by atoms with Gasteiger partial charge in [-0.15, -0.1) is 0 Å². The molecule has 0 bridgehead atoms. The minimum atomic E-state index is -0.701. The standard InChI is InChI=1S/C46H56N8O6/c1-25(2)39(51-45(57)59-7)43(55)53-23-27(5)19-37(53)41-47-22-36(50-41)32-15-13-30(14-16-32)29-9-11-31(12-10-29)33-17-18-34-35(21-33)49-42(48-34)38-20-28(6)24-54(38)44(56)40(26(3)4)52-46(58)60-8/h9-18,21-22,25-28,37-40H,19-20,23-24H2,1-8H3,(H,47,50)(H,48,49)(H,51,57)(H,52,58)/t27-,28-,37-,38?,39?,40-/m0/s1. The monoisotopic (exact) mass is 816 g/mol. The van der Waals surface area contributed by atoms with Crippen molar-refractivity contribution in [3.8, 4) is 33.5 Å². The maximum atomic E-state index is 13.8. The first-order valence-electron chi connectivity index (χ1n) is 20.8. The summed E-state index contributed by atoms with van der Waals surface area (Å²) in [5.41, 5.74) is 7.82. The largest absolute Gasteiger partial charge is 0.453 e. The molecule has 4 heterocycles. The van der Waals surface area contributed by atoms with Crippen LogP contribution in [0.3, 0.4) is 0 Å². The SMILES string of the molecule is COC(=O)NC(C(=O)N1C[C@@H](C)C[C@H]1c1ncc(-c2ccc(-c3ccc(-c4ccc5nc(C6C[C@H](C)CN6C(=O)[C@@H](NC(=O)OC)C(C)C)[nH]c5c4)cc3)cc2)[nH]1)C(C)C. The number of fused-ring (bicyclic) bond motifs is 1. The summed E-state index contributed by atoms with van der Waals surface area (Å²) >= 11 is 0. The Morgan fingerprint density at radius 2 is 1.10 bits per heavy atom. The fraction of sp³-hybridized carbons (Fsp3) is 0.435. The van der Waals surface area contributed by atoms with E-state index in [9.17, 15) is 19.2 Å². The van der Waals surface area contributed by atoms with Crippen molar-refractivity contribution in [2.24, 2.45) is 23.7 Å². The molecule has 2 aliphatic rings. The quantitative estimate of drug-likeness (QED) is 0.104. The summed E-state index contributed by atoms with van der Waals surface area (Å²) in [5, 5.41) is 5.44. The number of rotatable bonds is 11. The van der Waals surface area contributed by atoms with Crippen LogP contribution in [-0.2, 0) is 19.1 Å². The van der Waals surface area contributed by atoms with Crippen molar-refractivity contribution < 1.29 is 28.7 Å². The number of hydrogen-bond donors (Lipinski definition) is 4. The van der Waals surface area contributed by atoms with Crippen LogP contribution in [0, 0.1) is 23.7 Å². The first kappa shape index (κ1) is 42.0. The van der Waals surface area contributed by atoms with Crippen LogP contribution in [-0.4, -0.2) is 93.1 Å². The zero-order valence-electron chi connectivity index (χ0n) is 35.6. The third kappa shape index (κ3) is 8.73. The molecule has 14 heteroatoms. The van der Waals surface area contributed by atoms with Gasteiger partial charge in [0.05, 0.1) is 49.2 Å². The van der Waals surface area contributed by atoms with Gasteiger partial charge in [-0.05, 0) is 76.5 Å². The first-order chi connectivity index (χ1) is 28.7. The maximum absolute atomic E-state index is 13.8. The number of H-pyrrole nitrogens is 2. The molecule has 5 aromatic rings. The van der Waals surface area contributed by atoms with Crippen LogP contribution in [0.4, 0.5) is 9.59 Å². The van der Waals surface area contributed by atoms with Crippen molar-refractivity contribution >= 4 is 35.0 Å². The van der Waals surface area contributed by atoms with Crippen molar-refractivity contribution in [2.45, 2.75) is 78.6 Å². The van der Waals surface area contributed by atoms with E-state index in [1.807, 2.05) is 49.8 Å².